The molecule has 0 saturated carbocycles. The summed E-state index contributed by atoms with van der Waals surface area (Å²) >= 11 is 0. The van der Waals surface area contributed by atoms with Crippen molar-refractivity contribution in [2.45, 2.75) is 52.2 Å². The van der Waals surface area contributed by atoms with Gasteiger partial charge in [-0.1, -0.05) is 12.1 Å². The summed E-state index contributed by atoms with van der Waals surface area (Å²) in [7, 11) is 1.68. The average Bonchev–Trinajstić information content (AvgIpc) is 2.57. The Balaban J connectivity index is 0.000000171. The molecule has 17 heavy (non-hydrogen) atoms. The van der Waals surface area contributed by atoms with Gasteiger partial charge in [0.05, 0.1) is 18.8 Å². The van der Waals surface area contributed by atoms with Gasteiger partial charge in [-0.15, -0.1) is 0 Å². The molecule has 1 unspecified atom stereocenters. The maximum Gasteiger partial charge on any atom is 0.119 e. The minimum Gasteiger partial charge on any atom is -0.497 e. The van der Waals surface area contributed by atoms with E-state index in [1.807, 2.05) is 31.2 Å². The zero-order chi connectivity index (χ0) is 12.9. The van der Waals surface area contributed by atoms with Crippen LogP contribution in [-0.2, 0) is 4.74 Å². The van der Waals surface area contributed by atoms with E-state index >= 15 is 0 Å². The first-order valence-electron chi connectivity index (χ1n) is 6.21. The van der Waals surface area contributed by atoms with E-state index < -0.39 is 0 Å². The predicted molar refractivity (Wildman–Crippen MR) is 71.6 cm³/mol. The van der Waals surface area contributed by atoms with E-state index in [2.05, 4.69) is 20.8 Å². The van der Waals surface area contributed by atoms with Crippen molar-refractivity contribution in [1.29, 1.82) is 0 Å². The van der Waals surface area contributed by atoms with E-state index in [0.29, 0.717) is 6.10 Å². The molecule has 1 aromatic carbocycles. The summed E-state index contributed by atoms with van der Waals surface area (Å²) in [6.45, 7) is 8.48. The normalized spacial score (nSPS) is 21.6. The Morgan fingerprint density at radius 1 is 1.35 bits per heavy atom. The van der Waals surface area contributed by atoms with Crippen LogP contribution in [0.25, 0.3) is 0 Å². The van der Waals surface area contributed by atoms with Gasteiger partial charge in [-0.05, 0) is 58.2 Å². The first-order chi connectivity index (χ1) is 7.93. The number of aryl methyl sites for hydroxylation is 1. The molecule has 1 atom stereocenters. The quantitative estimate of drug-likeness (QED) is 0.734. The number of ether oxygens (including phenoxy) is 2. The lowest BCUT2D eigenvalue weighted by molar-refractivity contribution is -0.00669. The van der Waals surface area contributed by atoms with Crippen molar-refractivity contribution in [1.82, 2.24) is 0 Å². The molecule has 0 spiro atoms. The molecule has 1 aliphatic heterocycles. The third kappa shape index (κ3) is 5.22. The maximum absolute atomic E-state index is 5.55. The van der Waals surface area contributed by atoms with Gasteiger partial charge in [-0.2, -0.15) is 0 Å². The highest BCUT2D eigenvalue weighted by atomic mass is 16.5. The van der Waals surface area contributed by atoms with Crippen LogP contribution in [0, 0.1) is 6.92 Å². The van der Waals surface area contributed by atoms with Crippen molar-refractivity contribution in [2.24, 2.45) is 0 Å². The molecular formula is C15H24O2. The fourth-order valence-corrected chi connectivity index (χ4v) is 1.96. The third-order valence-electron chi connectivity index (χ3n) is 2.90. The summed E-state index contributed by atoms with van der Waals surface area (Å²) in [5.74, 6) is 0.926. The molecule has 1 aliphatic rings. The maximum atomic E-state index is 5.55. The van der Waals surface area contributed by atoms with E-state index in [0.717, 1.165) is 5.75 Å². The van der Waals surface area contributed by atoms with Crippen LogP contribution in [0.2, 0.25) is 0 Å². The van der Waals surface area contributed by atoms with Crippen molar-refractivity contribution < 1.29 is 9.47 Å². The highest BCUT2D eigenvalue weighted by Crippen LogP contribution is 2.28. The molecule has 2 nitrogen and oxygen atoms in total. The van der Waals surface area contributed by atoms with Crippen molar-refractivity contribution in [2.75, 3.05) is 7.11 Å². The van der Waals surface area contributed by atoms with Crippen LogP contribution in [0.4, 0.5) is 0 Å². The molecule has 1 aromatic rings. The van der Waals surface area contributed by atoms with Crippen molar-refractivity contribution in [3.05, 3.63) is 29.8 Å². The predicted octanol–water partition coefficient (Wildman–Crippen LogP) is 3.97. The van der Waals surface area contributed by atoms with E-state index in [9.17, 15) is 0 Å². The minimum absolute atomic E-state index is 0.166. The number of hydrogen-bond acceptors (Lipinski definition) is 2. The Labute approximate surface area is 105 Å². The minimum atomic E-state index is 0.166. The lowest BCUT2D eigenvalue weighted by Gasteiger charge is -2.16. The smallest absolute Gasteiger partial charge is 0.119 e. The molecule has 0 aliphatic carbocycles. The second-order valence-electron chi connectivity index (χ2n) is 5.25. The topological polar surface area (TPSA) is 18.5 Å². The molecule has 1 fully saturated rings. The van der Waals surface area contributed by atoms with Crippen LogP contribution < -0.4 is 4.74 Å². The van der Waals surface area contributed by atoms with Crippen LogP contribution in [0.1, 0.15) is 39.2 Å². The second-order valence-corrected chi connectivity index (χ2v) is 5.25. The second kappa shape index (κ2) is 6.06. The Bertz CT molecular complexity index is 345. The summed E-state index contributed by atoms with van der Waals surface area (Å²) in [5, 5.41) is 0. The zero-order valence-electron chi connectivity index (χ0n) is 11.6. The molecule has 1 heterocycles. The van der Waals surface area contributed by atoms with Crippen LogP contribution >= 0.6 is 0 Å². The van der Waals surface area contributed by atoms with Crippen molar-refractivity contribution >= 4 is 0 Å². The summed E-state index contributed by atoms with van der Waals surface area (Å²) in [6.07, 6.45) is 2.94. The van der Waals surface area contributed by atoms with Crippen LogP contribution in [0.5, 0.6) is 5.75 Å². The zero-order valence-corrected chi connectivity index (χ0v) is 11.6. The Hall–Kier alpha value is -1.02. The number of hydrogen-bond donors (Lipinski definition) is 0. The highest BCUT2D eigenvalue weighted by molar-refractivity contribution is 5.27. The van der Waals surface area contributed by atoms with Gasteiger partial charge >= 0.3 is 0 Å². The molecular weight excluding hydrogens is 212 g/mol. The highest BCUT2D eigenvalue weighted by Gasteiger charge is 2.28. The largest absolute Gasteiger partial charge is 0.497 e. The first kappa shape index (κ1) is 14.0. The average molecular weight is 236 g/mol. The number of rotatable bonds is 1. The van der Waals surface area contributed by atoms with Gasteiger partial charge in [0.1, 0.15) is 5.75 Å². The van der Waals surface area contributed by atoms with Gasteiger partial charge in [-0.3, -0.25) is 0 Å². The molecule has 0 N–H and O–H groups in total. The monoisotopic (exact) mass is 236 g/mol. The molecule has 96 valence electrons. The van der Waals surface area contributed by atoms with E-state index in [1.54, 1.807) is 7.11 Å². The SMILES string of the molecule is CC1CCC(C)(C)O1.COc1cccc(C)c1. The molecule has 0 aromatic heterocycles. The van der Waals surface area contributed by atoms with Gasteiger partial charge in [0, 0.05) is 0 Å². The van der Waals surface area contributed by atoms with Gasteiger partial charge in [0.25, 0.3) is 0 Å². The lowest BCUT2D eigenvalue weighted by Crippen LogP contribution is -2.18. The Morgan fingerprint density at radius 2 is 2.06 bits per heavy atom. The van der Waals surface area contributed by atoms with Gasteiger partial charge in [0.15, 0.2) is 0 Å². The standard InChI is InChI=1S/C8H10O.C7H14O/c1-7-4-3-5-8(6-7)9-2;1-6-4-5-7(2,3)8-6/h3-6H,1-2H3;6H,4-5H2,1-3H3. The summed E-state index contributed by atoms with van der Waals surface area (Å²) in [5.41, 5.74) is 1.40. The Kier molecular flexibility index (Phi) is 5.01. The molecule has 2 rings (SSSR count). The summed E-state index contributed by atoms with van der Waals surface area (Å²) in [6, 6.07) is 7.96. The fourth-order valence-electron chi connectivity index (χ4n) is 1.96. The van der Waals surface area contributed by atoms with E-state index in [4.69, 9.17) is 9.47 Å². The van der Waals surface area contributed by atoms with Crippen molar-refractivity contribution in [3.63, 3.8) is 0 Å². The first-order valence-corrected chi connectivity index (χ1v) is 6.21. The summed E-state index contributed by atoms with van der Waals surface area (Å²) in [4.78, 5) is 0. The molecule has 2 heteroatoms. The van der Waals surface area contributed by atoms with Crippen LogP contribution in [-0.4, -0.2) is 18.8 Å². The van der Waals surface area contributed by atoms with Gasteiger partial charge in [-0.25, -0.2) is 0 Å². The fraction of sp³-hybridized carbons (Fsp3) is 0.600. The summed E-state index contributed by atoms with van der Waals surface area (Å²) < 4.78 is 10.5. The molecule has 0 bridgehead atoms. The third-order valence-corrected chi connectivity index (χ3v) is 2.90. The van der Waals surface area contributed by atoms with Crippen LogP contribution in [0.3, 0.4) is 0 Å². The molecule has 0 radical (unpaired) electrons. The van der Waals surface area contributed by atoms with E-state index in [-0.39, 0.29) is 5.60 Å². The number of methoxy groups -OCH3 is 1. The molecule has 0 amide bonds. The van der Waals surface area contributed by atoms with Gasteiger partial charge < -0.3 is 9.47 Å². The van der Waals surface area contributed by atoms with E-state index in [1.165, 1.54) is 18.4 Å². The van der Waals surface area contributed by atoms with Gasteiger partial charge in [0.2, 0.25) is 0 Å². The number of benzene rings is 1. The molecule has 1 saturated heterocycles. The van der Waals surface area contributed by atoms with Crippen LogP contribution in [0.15, 0.2) is 24.3 Å². The van der Waals surface area contributed by atoms with Crippen molar-refractivity contribution in [3.8, 4) is 5.75 Å². The lowest BCUT2D eigenvalue weighted by atomic mass is 10.1. The Morgan fingerprint density at radius 3 is 2.35 bits per heavy atom.